The Morgan fingerprint density at radius 3 is 2.68 bits per heavy atom. The van der Waals surface area contributed by atoms with Crippen molar-refractivity contribution in [3.63, 3.8) is 0 Å². The Hall–Kier alpha value is -1.26. The van der Waals surface area contributed by atoms with Crippen LogP contribution in [-0.2, 0) is 9.53 Å². The number of hydrogen-bond acceptors (Lipinski definition) is 3. The molecule has 5 heteroatoms. The molecule has 1 aliphatic heterocycles. The molecule has 2 rings (SSSR count). The molecular formula is C17H24ClNO3. The summed E-state index contributed by atoms with van der Waals surface area (Å²) < 4.78 is 11.4. The number of rotatable bonds is 5. The van der Waals surface area contributed by atoms with Gasteiger partial charge in [0.1, 0.15) is 5.75 Å². The molecule has 1 saturated heterocycles. The molecule has 0 aliphatic carbocycles. The molecular weight excluding hydrogens is 302 g/mol. The van der Waals surface area contributed by atoms with E-state index in [1.807, 2.05) is 43.9 Å². The first-order chi connectivity index (χ1) is 10.5. The van der Waals surface area contributed by atoms with Gasteiger partial charge in [0.2, 0.25) is 5.91 Å². The first kappa shape index (κ1) is 17.1. The average molecular weight is 326 g/mol. The van der Waals surface area contributed by atoms with Crippen LogP contribution in [0.15, 0.2) is 18.2 Å². The molecule has 0 unspecified atom stereocenters. The first-order valence-corrected chi connectivity index (χ1v) is 8.15. The number of halogens is 1. The van der Waals surface area contributed by atoms with Crippen LogP contribution in [0.1, 0.15) is 32.3 Å². The molecule has 2 atom stereocenters. The molecule has 0 N–H and O–H groups in total. The number of carbonyl (C=O) groups is 1. The fourth-order valence-electron chi connectivity index (χ4n) is 2.72. The van der Waals surface area contributed by atoms with Crippen LogP contribution in [0.3, 0.4) is 0 Å². The van der Waals surface area contributed by atoms with Gasteiger partial charge >= 0.3 is 0 Å². The largest absolute Gasteiger partial charge is 0.493 e. The van der Waals surface area contributed by atoms with Gasteiger partial charge in [-0.1, -0.05) is 11.6 Å². The summed E-state index contributed by atoms with van der Waals surface area (Å²) in [7, 11) is 0. The number of carbonyl (C=O) groups excluding carboxylic acids is 1. The third-order valence-electron chi connectivity index (χ3n) is 3.70. The van der Waals surface area contributed by atoms with Crippen LogP contribution in [0.5, 0.6) is 5.75 Å². The van der Waals surface area contributed by atoms with Crippen LogP contribution >= 0.6 is 11.6 Å². The number of amides is 1. The number of ether oxygens (including phenoxy) is 2. The Morgan fingerprint density at radius 1 is 1.36 bits per heavy atom. The van der Waals surface area contributed by atoms with Crippen molar-refractivity contribution in [2.45, 2.75) is 45.8 Å². The lowest BCUT2D eigenvalue weighted by Crippen LogP contribution is -2.48. The van der Waals surface area contributed by atoms with E-state index in [1.54, 1.807) is 0 Å². The molecule has 0 radical (unpaired) electrons. The van der Waals surface area contributed by atoms with Gasteiger partial charge in [-0.05, 0) is 51.0 Å². The Bertz CT molecular complexity index is 511. The van der Waals surface area contributed by atoms with E-state index < -0.39 is 0 Å². The highest BCUT2D eigenvalue weighted by molar-refractivity contribution is 6.30. The minimum absolute atomic E-state index is 0.112. The van der Waals surface area contributed by atoms with Gasteiger partial charge in [-0.25, -0.2) is 0 Å². The highest BCUT2D eigenvalue weighted by Crippen LogP contribution is 2.22. The SMILES string of the molecule is Cc1cc(Cl)ccc1OCCCC(=O)N1C[C@@H](C)O[C@@H](C)C1. The van der Waals surface area contributed by atoms with Gasteiger partial charge in [-0.15, -0.1) is 0 Å². The van der Waals surface area contributed by atoms with Crippen LogP contribution in [0.4, 0.5) is 0 Å². The van der Waals surface area contributed by atoms with E-state index in [0.717, 1.165) is 11.3 Å². The lowest BCUT2D eigenvalue weighted by Gasteiger charge is -2.35. The lowest BCUT2D eigenvalue weighted by atomic mass is 10.2. The number of morpholine rings is 1. The van der Waals surface area contributed by atoms with Crippen molar-refractivity contribution in [3.8, 4) is 5.75 Å². The Morgan fingerprint density at radius 2 is 2.05 bits per heavy atom. The number of hydrogen-bond donors (Lipinski definition) is 0. The van der Waals surface area contributed by atoms with Gasteiger partial charge in [-0.3, -0.25) is 4.79 Å². The van der Waals surface area contributed by atoms with Crippen molar-refractivity contribution >= 4 is 17.5 Å². The van der Waals surface area contributed by atoms with E-state index in [0.29, 0.717) is 37.6 Å². The fraction of sp³-hybridized carbons (Fsp3) is 0.588. The Balaban J connectivity index is 1.73. The zero-order valence-electron chi connectivity index (χ0n) is 13.5. The van der Waals surface area contributed by atoms with Crippen LogP contribution in [0.25, 0.3) is 0 Å². The Kier molecular flexibility index (Phi) is 6.09. The summed E-state index contributed by atoms with van der Waals surface area (Å²) in [6.07, 6.45) is 1.44. The van der Waals surface area contributed by atoms with Crippen LogP contribution in [-0.4, -0.2) is 42.7 Å². The molecule has 1 aromatic carbocycles. The lowest BCUT2D eigenvalue weighted by molar-refractivity contribution is -0.143. The normalized spacial score (nSPS) is 21.7. The molecule has 1 fully saturated rings. The van der Waals surface area contributed by atoms with E-state index >= 15 is 0 Å². The molecule has 0 spiro atoms. The standard InChI is InChI=1S/C17H24ClNO3/c1-12-9-15(18)6-7-16(12)21-8-4-5-17(20)19-10-13(2)22-14(3)11-19/h6-7,9,13-14H,4-5,8,10-11H2,1-3H3/t13-,14+. The monoisotopic (exact) mass is 325 g/mol. The van der Waals surface area contributed by atoms with Gasteiger partial charge in [0.05, 0.1) is 18.8 Å². The van der Waals surface area contributed by atoms with Crippen molar-refractivity contribution < 1.29 is 14.3 Å². The second-order valence-corrected chi connectivity index (χ2v) is 6.35. The molecule has 1 aromatic rings. The zero-order chi connectivity index (χ0) is 16.1. The van der Waals surface area contributed by atoms with Crippen LogP contribution in [0.2, 0.25) is 5.02 Å². The summed E-state index contributed by atoms with van der Waals surface area (Å²) in [5, 5.41) is 0.704. The zero-order valence-corrected chi connectivity index (χ0v) is 14.2. The van der Waals surface area contributed by atoms with Crippen LogP contribution in [0, 0.1) is 6.92 Å². The highest BCUT2D eigenvalue weighted by Gasteiger charge is 2.25. The second kappa shape index (κ2) is 7.84. The van der Waals surface area contributed by atoms with E-state index in [4.69, 9.17) is 21.1 Å². The summed E-state index contributed by atoms with van der Waals surface area (Å²) >= 11 is 5.91. The summed E-state index contributed by atoms with van der Waals surface area (Å²) in [6.45, 7) is 7.86. The second-order valence-electron chi connectivity index (χ2n) is 5.92. The number of nitrogens with zero attached hydrogens (tertiary/aromatic N) is 1. The molecule has 22 heavy (non-hydrogen) atoms. The molecule has 1 amide bonds. The van der Waals surface area contributed by atoms with E-state index in [2.05, 4.69) is 0 Å². The number of aryl methyl sites for hydroxylation is 1. The van der Waals surface area contributed by atoms with Crippen molar-refractivity contribution in [3.05, 3.63) is 28.8 Å². The molecule has 0 bridgehead atoms. The van der Waals surface area contributed by atoms with E-state index in [-0.39, 0.29) is 18.1 Å². The quantitative estimate of drug-likeness (QED) is 0.778. The fourth-order valence-corrected chi connectivity index (χ4v) is 2.95. The minimum atomic E-state index is 0.112. The third-order valence-corrected chi connectivity index (χ3v) is 3.94. The molecule has 1 heterocycles. The third kappa shape index (κ3) is 4.89. The predicted octanol–water partition coefficient (Wildman–Crippen LogP) is 3.44. The van der Waals surface area contributed by atoms with Gasteiger partial charge in [-0.2, -0.15) is 0 Å². The van der Waals surface area contributed by atoms with E-state index in [1.165, 1.54) is 0 Å². The highest BCUT2D eigenvalue weighted by atomic mass is 35.5. The summed E-state index contributed by atoms with van der Waals surface area (Å²) in [5.41, 5.74) is 1.01. The molecule has 1 aliphatic rings. The summed E-state index contributed by atoms with van der Waals surface area (Å²) in [5.74, 6) is 1.00. The van der Waals surface area contributed by atoms with Crippen molar-refractivity contribution in [1.82, 2.24) is 4.90 Å². The van der Waals surface area contributed by atoms with Crippen molar-refractivity contribution in [2.75, 3.05) is 19.7 Å². The maximum atomic E-state index is 12.2. The van der Waals surface area contributed by atoms with Crippen LogP contribution < -0.4 is 4.74 Å². The predicted molar refractivity (Wildman–Crippen MR) is 87.5 cm³/mol. The molecule has 4 nitrogen and oxygen atoms in total. The van der Waals surface area contributed by atoms with Gasteiger partial charge < -0.3 is 14.4 Å². The molecule has 0 aromatic heterocycles. The van der Waals surface area contributed by atoms with E-state index in [9.17, 15) is 4.79 Å². The van der Waals surface area contributed by atoms with Gasteiger partial charge in [0.25, 0.3) is 0 Å². The number of benzene rings is 1. The summed E-state index contributed by atoms with van der Waals surface area (Å²) in [4.78, 5) is 14.1. The van der Waals surface area contributed by atoms with Crippen molar-refractivity contribution in [1.29, 1.82) is 0 Å². The maximum Gasteiger partial charge on any atom is 0.222 e. The smallest absolute Gasteiger partial charge is 0.222 e. The average Bonchev–Trinajstić information content (AvgIpc) is 2.44. The Labute approximate surface area is 137 Å². The molecule has 122 valence electrons. The van der Waals surface area contributed by atoms with Crippen molar-refractivity contribution in [2.24, 2.45) is 0 Å². The molecule has 0 saturated carbocycles. The van der Waals surface area contributed by atoms with Gasteiger partial charge in [0, 0.05) is 24.5 Å². The minimum Gasteiger partial charge on any atom is -0.493 e. The van der Waals surface area contributed by atoms with Gasteiger partial charge in [0.15, 0.2) is 0 Å². The first-order valence-electron chi connectivity index (χ1n) is 7.78. The summed E-state index contributed by atoms with van der Waals surface area (Å²) in [6, 6.07) is 5.55. The maximum absolute atomic E-state index is 12.2. The topological polar surface area (TPSA) is 38.8 Å².